The molecule has 0 aromatic carbocycles. The van der Waals surface area contributed by atoms with Gasteiger partial charge in [0.25, 0.3) is 0 Å². The quantitative estimate of drug-likeness (QED) is 0.549. The van der Waals surface area contributed by atoms with Crippen LogP contribution >= 0.6 is 6.26 Å². The molecule has 0 N–H and O–H groups in total. The van der Waals surface area contributed by atoms with E-state index in [0.717, 1.165) is 6.16 Å². The summed E-state index contributed by atoms with van der Waals surface area (Å²) in [7, 11) is 0. The third kappa shape index (κ3) is 1.76. The van der Waals surface area contributed by atoms with Gasteiger partial charge in [0.15, 0.2) is 0 Å². The van der Waals surface area contributed by atoms with Crippen LogP contribution in [-0.4, -0.2) is 18.4 Å². The first kappa shape index (κ1) is 7.71. The molecule has 1 aliphatic heterocycles. The van der Waals surface area contributed by atoms with Crippen LogP contribution in [0.3, 0.4) is 0 Å². The average molecular weight is 164 g/mol. The van der Waals surface area contributed by atoms with Crippen LogP contribution in [0, 0.1) is 0 Å². The Hall–Kier alpha value is 0.610. The predicted octanol–water partition coefficient (Wildman–Crippen LogP) is 2.21. The van der Waals surface area contributed by atoms with Crippen molar-refractivity contribution in [2.75, 3.05) is 12.3 Å². The minimum atomic E-state index is -1.27. The van der Waals surface area contributed by atoms with E-state index < -0.39 is 6.26 Å². The Bertz CT molecular complexity index is 146. The molecule has 0 aromatic rings. The summed E-state index contributed by atoms with van der Waals surface area (Å²) < 4.78 is 5.62. The maximum atomic E-state index is 5.62. The van der Waals surface area contributed by atoms with Crippen LogP contribution in [0.1, 0.15) is 20.3 Å². The number of rotatable bonds is 1. The fourth-order valence-corrected chi connectivity index (χ4v) is 3.89. The first-order chi connectivity index (χ1) is 4.16. The van der Waals surface area contributed by atoms with E-state index in [1.54, 1.807) is 0 Å². The fourth-order valence-electron chi connectivity index (χ4n) is 1.04. The summed E-state index contributed by atoms with van der Waals surface area (Å²) in [5, 5.41) is 0. The molecular formula is C6H13OPS. The van der Waals surface area contributed by atoms with Gasteiger partial charge in [-0.3, -0.25) is 0 Å². The molecule has 0 aliphatic carbocycles. The number of hydrogen-bond acceptors (Lipinski definition) is 2. The molecule has 0 saturated carbocycles. The average Bonchev–Trinajstić information content (AvgIpc) is 2.13. The van der Waals surface area contributed by atoms with Gasteiger partial charge in [0.1, 0.15) is 0 Å². The van der Waals surface area contributed by atoms with Crippen molar-refractivity contribution in [1.82, 2.24) is 0 Å². The zero-order chi connectivity index (χ0) is 6.91. The standard InChI is InChI=1S/C6H13OPS/c1-3-8(9)5-4-6(2)7-8/h6H,3-5H2,1-2H3. The molecule has 9 heavy (non-hydrogen) atoms. The van der Waals surface area contributed by atoms with E-state index in [4.69, 9.17) is 16.3 Å². The molecule has 2 unspecified atom stereocenters. The summed E-state index contributed by atoms with van der Waals surface area (Å²) in [6.45, 7) is 4.25. The molecule has 1 fully saturated rings. The summed E-state index contributed by atoms with van der Waals surface area (Å²) in [5.74, 6) is 0. The van der Waals surface area contributed by atoms with Gasteiger partial charge >= 0.3 is 0 Å². The van der Waals surface area contributed by atoms with Gasteiger partial charge in [-0.25, -0.2) is 0 Å². The van der Waals surface area contributed by atoms with Crippen LogP contribution in [0.15, 0.2) is 0 Å². The van der Waals surface area contributed by atoms with E-state index in [0.29, 0.717) is 6.10 Å². The second kappa shape index (κ2) is 2.69. The van der Waals surface area contributed by atoms with Gasteiger partial charge in [-0.1, -0.05) is 18.7 Å². The van der Waals surface area contributed by atoms with Crippen LogP contribution in [-0.2, 0) is 16.3 Å². The van der Waals surface area contributed by atoms with Crippen molar-refractivity contribution >= 4 is 18.1 Å². The van der Waals surface area contributed by atoms with Gasteiger partial charge in [-0.15, -0.1) is 0 Å². The molecule has 3 heteroatoms. The smallest absolute Gasteiger partial charge is 0.0676 e. The molecule has 1 saturated heterocycles. The third-order valence-corrected chi connectivity index (χ3v) is 5.96. The van der Waals surface area contributed by atoms with Crippen molar-refractivity contribution in [2.45, 2.75) is 26.4 Å². The highest BCUT2D eigenvalue weighted by Crippen LogP contribution is 2.53. The van der Waals surface area contributed by atoms with Crippen molar-refractivity contribution < 1.29 is 4.52 Å². The largest absolute Gasteiger partial charge is 0.348 e. The highest BCUT2D eigenvalue weighted by molar-refractivity contribution is 8.12. The lowest BCUT2D eigenvalue weighted by Crippen LogP contribution is -1.94. The van der Waals surface area contributed by atoms with Crippen LogP contribution in [0.2, 0.25) is 0 Å². The maximum Gasteiger partial charge on any atom is 0.0676 e. The second-order valence-corrected chi connectivity index (χ2v) is 7.48. The van der Waals surface area contributed by atoms with Gasteiger partial charge in [0.05, 0.1) is 12.4 Å². The van der Waals surface area contributed by atoms with Crippen LogP contribution in [0.5, 0.6) is 0 Å². The molecular weight excluding hydrogens is 151 g/mol. The molecule has 2 atom stereocenters. The lowest BCUT2D eigenvalue weighted by Gasteiger charge is -2.11. The zero-order valence-electron chi connectivity index (χ0n) is 5.96. The van der Waals surface area contributed by atoms with Crippen molar-refractivity contribution in [3.63, 3.8) is 0 Å². The Morgan fingerprint density at radius 2 is 2.44 bits per heavy atom. The molecule has 0 bridgehead atoms. The Kier molecular flexibility index (Phi) is 2.31. The molecule has 0 aromatic heterocycles. The van der Waals surface area contributed by atoms with E-state index in [-0.39, 0.29) is 0 Å². The first-order valence-corrected chi connectivity index (χ1v) is 6.52. The number of hydrogen-bond donors (Lipinski definition) is 0. The van der Waals surface area contributed by atoms with Crippen molar-refractivity contribution in [3.8, 4) is 0 Å². The van der Waals surface area contributed by atoms with E-state index in [9.17, 15) is 0 Å². The van der Waals surface area contributed by atoms with Crippen LogP contribution in [0.4, 0.5) is 0 Å². The maximum absolute atomic E-state index is 5.62. The van der Waals surface area contributed by atoms with E-state index >= 15 is 0 Å². The van der Waals surface area contributed by atoms with E-state index in [1.807, 2.05) is 0 Å². The van der Waals surface area contributed by atoms with Gasteiger partial charge in [-0.2, -0.15) is 0 Å². The highest BCUT2D eigenvalue weighted by Gasteiger charge is 2.26. The molecule has 54 valence electrons. The fraction of sp³-hybridized carbons (Fsp3) is 1.00. The SMILES string of the molecule is CCP1(=S)CCC(C)O1. The third-order valence-electron chi connectivity index (χ3n) is 1.73. The van der Waals surface area contributed by atoms with Gasteiger partial charge in [0.2, 0.25) is 0 Å². The van der Waals surface area contributed by atoms with Crippen LogP contribution < -0.4 is 0 Å². The van der Waals surface area contributed by atoms with Crippen molar-refractivity contribution in [1.29, 1.82) is 0 Å². The summed E-state index contributed by atoms with van der Waals surface area (Å²) >= 11 is 5.33. The van der Waals surface area contributed by atoms with Crippen molar-refractivity contribution in [2.24, 2.45) is 0 Å². The minimum Gasteiger partial charge on any atom is -0.348 e. The lowest BCUT2D eigenvalue weighted by atomic mass is 10.3. The van der Waals surface area contributed by atoms with Crippen LogP contribution in [0.25, 0.3) is 0 Å². The Morgan fingerprint density at radius 3 is 2.67 bits per heavy atom. The topological polar surface area (TPSA) is 9.23 Å². The summed E-state index contributed by atoms with van der Waals surface area (Å²) in [6, 6.07) is 0. The molecule has 0 spiro atoms. The Balaban J connectivity index is 2.55. The van der Waals surface area contributed by atoms with E-state index in [2.05, 4.69) is 13.8 Å². The van der Waals surface area contributed by atoms with Gasteiger partial charge in [0, 0.05) is 6.16 Å². The zero-order valence-corrected chi connectivity index (χ0v) is 7.67. The minimum absolute atomic E-state index is 0.441. The lowest BCUT2D eigenvalue weighted by molar-refractivity contribution is 0.273. The summed E-state index contributed by atoms with van der Waals surface area (Å²) in [6.07, 6.45) is 2.60. The molecule has 0 radical (unpaired) electrons. The predicted molar refractivity (Wildman–Crippen MR) is 44.9 cm³/mol. The molecule has 1 rings (SSSR count). The highest BCUT2D eigenvalue weighted by atomic mass is 32.4. The van der Waals surface area contributed by atoms with E-state index in [1.165, 1.54) is 12.6 Å². The second-order valence-electron chi connectivity index (χ2n) is 2.56. The Labute approximate surface area is 61.9 Å². The monoisotopic (exact) mass is 164 g/mol. The van der Waals surface area contributed by atoms with Gasteiger partial charge in [-0.05, 0) is 19.5 Å². The Morgan fingerprint density at radius 1 is 1.78 bits per heavy atom. The molecule has 0 amide bonds. The van der Waals surface area contributed by atoms with Crippen molar-refractivity contribution in [3.05, 3.63) is 0 Å². The van der Waals surface area contributed by atoms with Gasteiger partial charge < -0.3 is 4.52 Å². The molecule has 1 aliphatic rings. The first-order valence-electron chi connectivity index (χ1n) is 3.43. The molecule has 1 heterocycles. The molecule has 1 nitrogen and oxygen atoms in total. The normalized spacial score (nSPS) is 43.6. The summed E-state index contributed by atoms with van der Waals surface area (Å²) in [5.41, 5.74) is 0. The summed E-state index contributed by atoms with van der Waals surface area (Å²) in [4.78, 5) is 0.